The fourth-order valence-corrected chi connectivity index (χ4v) is 3.27. The smallest absolute Gasteiger partial charge is 0.255 e. The van der Waals surface area contributed by atoms with Crippen molar-refractivity contribution in [2.45, 2.75) is 13.8 Å². The Kier molecular flexibility index (Phi) is 4.41. The summed E-state index contributed by atoms with van der Waals surface area (Å²) in [6.07, 6.45) is 2.63. The van der Waals surface area contributed by atoms with Crippen LogP contribution in [0.25, 0.3) is 11.0 Å². The summed E-state index contributed by atoms with van der Waals surface area (Å²) in [5, 5.41) is 7.94. The first-order valence-electron chi connectivity index (χ1n) is 7.83. The summed E-state index contributed by atoms with van der Waals surface area (Å²) in [6, 6.07) is 6.65. The molecule has 1 amide bonds. The van der Waals surface area contributed by atoms with Crippen LogP contribution in [0.3, 0.4) is 0 Å². The van der Waals surface area contributed by atoms with E-state index in [0.29, 0.717) is 16.9 Å². The van der Waals surface area contributed by atoms with Gasteiger partial charge < -0.3 is 5.32 Å². The number of sulfonamides is 1. The standard InChI is InChI=1S/C17H19N5O3S/c1-10-5-6-12(7-15(10)21-26(4,24)25)17(23)19-13-8-14-11(2)20-22(3)16(14)18-9-13/h5-9,21H,1-4H3,(H,19,23). The lowest BCUT2D eigenvalue weighted by Gasteiger charge is -2.10. The van der Waals surface area contributed by atoms with Crippen molar-refractivity contribution < 1.29 is 13.2 Å². The highest BCUT2D eigenvalue weighted by Gasteiger charge is 2.13. The second-order valence-electron chi connectivity index (χ2n) is 6.16. The molecular weight excluding hydrogens is 354 g/mol. The van der Waals surface area contributed by atoms with Crippen LogP contribution in [0.5, 0.6) is 0 Å². The van der Waals surface area contributed by atoms with Crippen molar-refractivity contribution in [1.82, 2.24) is 14.8 Å². The van der Waals surface area contributed by atoms with Crippen LogP contribution < -0.4 is 10.0 Å². The minimum atomic E-state index is -3.43. The van der Waals surface area contributed by atoms with Gasteiger partial charge in [0.05, 0.1) is 29.5 Å². The maximum Gasteiger partial charge on any atom is 0.255 e. The van der Waals surface area contributed by atoms with Crippen LogP contribution in [0.15, 0.2) is 30.5 Å². The molecule has 0 unspecified atom stereocenters. The van der Waals surface area contributed by atoms with E-state index in [1.807, 2.05) is 20.0 Å². The van der Waals surface area contributed by atoms with E-state index in [1.54, 1.807) is 29.9 Å². The molecule has 0 aliphatic heterocycles. The third-order valence-corrected chi connectivity index (χ3v) is 4.51. The number of aromatic nitrogens is 3. The molecule has 3 rings (SSSR count). The summed E-state index contributed by atoms with van der Waals surface area (Å²) in [5.41, 5.74) is 3.52. The summed E-state index contributed by atoms with van der Waals surface area (Å²) in [6.45, 7) is 3.64. The molecule has 1 aromatic carbocycles. The second kappa shape index (κ2) is 6.41. The summed E-state index contributed by atoms with van der Waals surface area (Å²) >= 11 is 0. The minimum absolute atomic E-state index is 0.338. The van der Waals surface area contributed by atoms with E-state index in [0.717, 1.165) is 28.5 Å². The lowest BCUT2D eigenvalue weighted by Crippen LogP contribution is -2.15. The van der Waals surface area contributed by atoms with Gasteiger partial charge in [0.25, 0.3) is 5.91 Å². The predicted octanol–water partition coefficient (Wildman–Crippen LogP) is 2.21. The van der Waals surface area contributed by atoms with Gasteiger partial charge in [-0.05, 0) is 37.6 Å². The molecule has 0 saturated heterocycles. The van der Waals surface area contributed by atoms with Crippen LogP contribution in [0.2, 0.25) is 0 Å². The van der Waals surface area contributed by atoms with E-state index in [2.05, 4.69) is 20.1 Å². The van der Waals surface area contributed by atoms with Gasteiger partial charge in [-0.1, -0.05) is 6.07 Å². The van der Waals surface area contributed by atoms with Gasteiger partial charge in [-0.25, -0.2) is 13.4 Å². The SMILES string of the molecule is Cc1ccc(C(=O)Nc2cnc3c(c2)c(C)nn3C)cc1NS(C)(=O)=O. The topological polar surface area (TPSA) is 106 Å². The second-order valence-corrected chi connectivity index (χ2v) is 7.91. The minimum Gasteiger partial charge on any atom is -0.321 e. The zero-order valence-corrected chi connectivity index (χ0v) is 15.7. The van der Waals surface area contributed by atoms with Crippen LogP contribution in [0, 0.1) is 13.8 Å². The monoisotopic (exact) mass is 373 g/mol. The fraction of sp³-hybridized carbons (Fsp3) is 0.235. The fourth-order valence-electron chi connectivity index (χ4n) is 2.65. The number of pyridine rings is 1. The maximum absolute atomic E-state index is 12.5. The maximum atomic E-state index is 12.5. The third kappa shape index (κ3) is 3.67. The molecule has 8 nitrogen and oxygen atoms in total. The van der Waals surface area contributed by atoms with Crippen molar-refractivity contribution in [3.63, 3.8) is 0 Å². The average Bonchev–Trinajstić information content (AvgIpc) is 2.82. The number of carbonyl (C=O) groups excluding carboxylic acids is 1. The number of carbonyl (C=O) groups is 1. The molecule has 0 saturated carbocycles. The molecule has 0 aliphatic rings. The number of aryl methyl sites for hydroxylation is 3. The Labute approximate surface area is 151 Å². The quantitative estimate of drug-likeness (QED) is 0.729. The Morgan fingerprint density at radius 1 is 1.19 bits per heavy atom. The number of rotatable bonds is 4. The van der Waals surface area contributed by atoms with Crippen LogP contribution in [0.4, 0.5) is 11.4 Å². The van der Waals surface area contributed by atoms with E-state index >= 15 is 0 Å². The first-order chi connectivity index (χ1) is 12.1. The van der Waals surface area contributed by atoms with Crippen LogP contribution in [-0.4, -0.2) is 35.3 Å². The van der Waals surface area contributed by atoms with Gasteiger partial charge in [0.1, 0.15) is 0 Å². The number of anilines is 2. The predicted molar refractivity (Wildman–Crippen MR) is 101 cm³/mol. The van der Waals surface area contributed by atoms with Crippen LogP contribution in [0.1, 0.15) is 21.6 Å². The molecule has 0 bridgehead atoms. The van der Waals surface area contributed by atoms with E-state index < -0.39 is 10.0 Å². The number of nitrogens with one attached hydrogen (secondary N) is 2. The Hall–Kier alpha value is -2.94. The van der Waals surface area contributed by atoms with E-state index in [-0.39, 0.29) is 5.91 Å². The molecule has 0 atom stereocenters. The molecule has 2 N–H and O–H groups in total. The van der Waals surface area contributed by atoms with Gasteiger partial charge >= 0.3 is 0 Å². The summed E-state index contributed by atoms with van der Waals surface area (Å²) in [5.74, 6) is -0.357. The number of hydrogen-bond acceptors (Lipinski definition) is 5. The summed E-state index contributed by atoms with van der Waals surface area (Å²) < 4.78 is 27.0. The molecule has 0 fully saturated rings. The first-order valence-corrected chi connectivity index (χ1v) is 9.72. The van der Waals surface area contributed by atoms with E-state index in [4.69, 9.17) is 0 Å². The Balaban J connectivity index is 1.88. The molecule has 9 heteroatoms. The van der Waals surface area contributed by atoms with Crippen molar-refractivity contribution in [1.29, 1.82) is 0 Å². The van der Waals surface area contributed by atoms with Crippen molar-refractivity contribution in [3.05, 3.63) is 47.3 Å². The highest BCUT2D eigenvalue weighted by Crippen LogP contribution is 2.21. The lowest BCUT2D eigenvalue weighted by molar-refractivity contribution is 0.102. The van der Waals surface area contributed by atoms with Gasteiger partial charge in [-0.15, -0.1) is 0 Å². The Morgan fingerprint density at radius 2 is 1.92 bits per heavy atom. The lowest BCUT2D eigenvalue weighted by atomic mass is 10.1. The number of amides is 1. The van der Waals surface area contributed by atoms with Gasteiger partial charge in [-0.2, -0.15) is 5.10 Å². The molecule has 0 radical (unpaired) electrons. The molecule has 26 heavy (non-hydrogen) atoms. The Bertz CT molecular complexity index is 1120. The highest BCUT2D eigenvalue weighted by molar-refractivity contribution is 7.92. The third-order valence-electron chi connectivity index (χ3n) is 3.92. The molecule has 0 aliphatic carbocycles. The van der Waals surface area contributed by atoms with Crippen molar-refractivity contribution in [3.8, 4) is 0 Å². The van der Waals surface area contributed by atoms with Gasteiger partial charge in [0, 0.05) is 18.0 Å². The number of benzene rings is 1. The molecule has 3 aromatic rings. The van der Waals surface area contributed by atoms with Crippen molar-refractivity contribution >= 4 is 38.3 Å². The molecule has 2 aromatic heterocycles. The van der Waals surface area contributed by atoms with Crippen molar-refractivity contribution in [2.75, 3.05) is 16.3 Å². The van der Waals surface area contributed by atoms with Crippen LogP contribution in [-0.2, 0) is 17.1 Å². The van der Waals surface area contributed by atoms with E-state index in [9.17, 15) is 13.2 Å². The van der Waals surface area contributed by atoms with Gasteiger partial charge in [-0.3, -0.25) is 14.2 Å². The number of hydrogen-bond donors (Lipinski definition) is 2. The molecule has 136 valence electrons. The van der Waals surface area contributed by atoms with Crippen LogP contribution >= 0.6 is 0 Å². The zero-order chi connectivity index (χ0) is 19.1. The Morgan fingerprint density at radius 3 is 2.62 bits per heavy atom. The zero-order valence-electron chi connectivity index (χ0n) is 14.9. The van der Waals surface area contributed by atoms with E-state index in [1.165, 1.54) is 6.07 Å². The summed E-state index contributed by atoms with van der Waals surface area (Å²) in [4.78, 5) is 16.9. The molecule has 2 heterocycles. The average molecular weight is 373 g/mol. The highest BCUT2D eigenvalue weighted by atomic mass is 32.2. The van der Waals surface area contributed by atoms with Gasteiger partial charge in [0.2, 0.25) is 10.0 Å². The number of fused-ring (bicyclic) bond motifs is 1. The van der Waals surface area contributed by atoms with Crippen molar-refractivity contribution in [2.24, 2.45) is 7.05 Å². The number of nitrogens with zero attached hydrogens (tertiary/aromatic N) is 3. The molecular formula is C17H19N5O3S. The summed E-state index contributed by atoms with van der Waals surface area (Å²) in [7, 11) is -1.62. The van der Waals surface area contributed by atoms with Gasteiger partial charge in [0.15, 0.2) is 5.65 Å². The normalized spacial score (nSPS) is 11.5. The largest absolute Gasteiger partial charge is 0.321 e. The first kappa shape index (κ1) is 17.9. The molecule has 0 spiro atoms.